The van der Waals surface area contributed by atoms with E-state index in [-0.39, 0.29) is 6.42 Å². The second-order valence-corrected chi connectivity index (χ2v) is 3.33. The van der Waals surface area contributed by atoms with E-state index in [4.69, 9.17) is 15.9 Å². The van der Waals surface area contributed by atoms with Crippen molar-refractivity contribution in [3.05, 3.63) is 0 Å². The predicted molar refractivity (Wildman–Crippen MR) is 49.5 cm³/mol. The normalized spacial score (nSPS) is 21.5. The van der Waals surface area contributed by atoms with Crippen LogP contribution in [0.3, 0.4) is 0 Å². The van der Waals surface area contributed by atoms with Crippen LogP contribution in [-0.4, -0.2) is 62.0 Å². The van der Waals surface area contributed by atoms with Crippen LogP contribution in [0.2, 0.25) is 0 Å². The first-order valence-electron chi connectivity index (χ1n) is 4.48. The van der Waals surface area contributed by atoms with Crippen molar-refractivity contribution in [1.29, 1.82) is 0 Å². The fraction of sp³-hybridized carbons (Fsp3) is 0.875. The molecule has 1 amide bonds. The molecule has 4 unspecified atom stereocenters. The summed E-state index contributed by atoms with van der Waals surface area (Å²) < 4.78 is 0. The molecule has 0 spiro atoms. The van der Waals surface area contributed by atoms with Crippen LogP contribution in [0, 0.1) is 0 Å². The van der Waals surface area contributed by atoms with E-state index < -0.39 is 36.4 Å². The maximum atomic E-state index is 10.9. The first kappa shape index (κ1) is 14.3. The monoisotopic (exact) mass is 223 g/mol. The molecule has 0 fully saturated rings. The molecule has 0 rings (SSSR count). The highest BCUT2D eigenvalue weighted by Gasteiger charge is 2.45. The van der Waals surface area contributed by atoms with E-state index in [1.165, 1.54) is 6.92 Å². The largest absolute Gasteiger partial charge is 0.394 e. The summed E-state index contributed by atoms with van der Waals surface area (Å²) in [5, 5.41) is 45.8. The molecule has 15 heavy (non-hydrogen) atoms. The van der Waals surface area contributed by atoms with Gasteiger partial charge in [-0.15, -0.1) is 0 Å². The third-order valence-electron chi connectivity index (χ3n) is 2.36. The Labute approximate surface area is 86.8 Å². The van der Waals surface area contributed by atoms with E-state index in [1.807, 2.05) is 0 Å². The summed E-state index contributed by atoms with van der Waals surface area (Å²) >= 11 is 0. The molecule has 90 valence electrons. The van der Waals surface area contributed by atoms with Crippen molar-refractivity contribution in [3.8, 4) is 0 Å². The molecule has 0 radical (unpaired) electrons. The summed E-state index contributed by atoms with van der Waals surface area (Å²) in [6.07, 6.45) is -5.69. The number of carbonyl (C=O) groups excluding carboxylic acids is 1. The van der Waals surface area contributed by atoms with Crippen LogP contribution in [0.25, 0.3) is 0 Å². The van der Waals surface area contributed by atoms with Gasteiger partial charge in [0.1, 0.15) is 18.3 Å². The standard InChI is InChI=1S/C8H17NO6/c1-2-8(15,7(9)14)6(13)5(12)4(11)3-10/h4-6,10-13,15H,2-3H2,1H3,(H2,9,14). The number of rotatable bonds is 6. The van der Waals surface area contributed by atoms with Crippen LogP contribution in [0.5, 0.6) is 0 Å². The molecule has 7 nitrogen and oxygen atoms in total. The Bertz CT molecular complexity index is 223. The molecular weight excluding hydrogens is 206 g/mol. The lowest BCUT2D eigenvalue weighted by Gasteiger charge is -2.33. The number of amides is 1. The van der Waals surface area contributed by atoms with Crippen molar-refractivity contribution in [3.63, 3.8) is 0 Å². The zero-order chi connectivity index (χ0) is 12.2. The van der Waals surface area contributed by atoms with E-state index in [0.717, 1.165) is 0 Å². The second-order valence-electron chi connectivity index (χ2n) is 3.33. The molecule has 4 atom stereocenters. The number of hydrogen-bond acceptors (Lipinski definition) is 6. The minimum absolute atomic E-state index is 0.224. The molecule has 0 saturated heterocycles. The molecule has 0 aliphatic rings. The molecule has 7 N–H and O–H groups in total. The van der Waals surface area contributed by atoms with Crippen LogP contribution >= 0.6 is 0 Å². The lowest BCUT2D eigenvalue weighted by molar-refractivity contribution is -0.174. The Morgan fingerprint density at radius 3 is 2.13 bits per heavy atom. The minimum Gasteiger partial charge on any atom is -0.394 e. The number of aliphatic hydroxyl groups excluding tert-OH is 4. The van der Waals surface area contributed by atoms with Gasteiger partial charge >= 0.3 is 0 Å². The predicted octanol–water partition coefficient (Wildman–Crippen LogP) is -3.31. The van der Waals surface area contributed by atoms with E-state index in [1.54, 1.807) is 0 Å². The van der Waals surface area contributed by atoms with E-state index >= 15 is 0 Å². The van der Waals surface area contributed by atoms with Gasteiger partial charge in [0.2, 0.25) is 0 Å². The number of nitrogens with two attached hydrogens (primary N) is 1. The van der Waals surface area contributed by atoms with Crippen LogP contribution in [0.15, 0.2) is 0 Å². The van der Waals surface area contributed by atoms with E-state index in [2.05, 4.69) is 0 Å². The molecule has 0 aromatic carbocycles. The number of carbonyl (C=O) groups is 1. The third-order valence-corrected chi connectivity index (χ3v) is 2.36. The highest BCUT2D eigenvalue weighted by molar-refractivity contribution is 5.83. The fourth-order valence-electron chi connectivity index (χ4n) is 1.13. The first-order valence-corrected chi connectivity index (χ1v) is 4.48. The topological polar surface area (TPSA) is 144 Å². The molecule has 0 aliphatic heterocycles. The summed E-state index contributed by atoms with van der Waals surface area (Å²) in [6.45, 7) is 0.572. The summed E-state index contributed by atoms with van der Waals surface area (Å²) in [7, 11) is 0. The van der Waals surface area contributed by atoms with Crippen LogP contribution in [0.1, 0.15) is 13.3 Å². The van der Waals surface area contributed by atoms with Gasteiger partial charge in [-0.25, -0.2) is 0 Å². The van der Waals surface area contributed by atoms with Crippen molar-refractivity contribution in [1.82, 2.24) is 0 Å². The summed E-state index contributed by atoms with van der Waals surface area (Å²) in [4.78, 5) is 10.9. The Morgan fingerprint density at radius 1 is 1.40 bits per heavy atom. The van der Waals surface area contributed by atoms with Gasteiger partial charge in [0.25, 0.3) is 5.91 Å². The Hall–Kier alpha value is -0.730. The van der Waals surface area contributed by atoms with Crippen molar-refractivity contribution >= 4 is 5.91 Å². The molecule has 0 aromatic rings. The van der Waals surface area contributed by atoms with Crippen molar-refractivity contribution in [2.75, 3.05) is 6.61 Å². The maximum absolute atomic E-state index is 10.9. The quantitative estimate of drug-likeness (QED) is 0.278. The summed E-state index contributed by atoms with van der Waals surface area (Å²) in [6, 6.07) is 0. The smallest absolute Gasteiger partial charge is 0.252 e. The summed E-state index contributed by atoms with van der Waals surface area (Å²) in [5.41, 5.74) is 2.53. The molecule has 0 heterocycles. The van der Waals surface area contributed by atoms with E-state index in [0.29, 0.717) is 0 Å². The Kier molecular flexibility index (Phi) is 5.12. The number of primary amides is 1. The SMILES string of the molecule is CCC(O)(C(N)=O)C(O)C(O)C(O)CO. The summed E-state index contributed by atoms with van der Waals surface area (Å²) in [5.74, 6) is -1.21. The van der Waals surface area contributed by atoms with Crippen molar-refractivity contribution in [2.24, 2.45) is 5.73 Å². The van der Waals surface area contributed by atoms with Crippen molar-refractivity contribution in [2.45, 2.75) is 37.3 Å². The maximum Gasteiger partial charge on any atom is 0.252 e. The van der Waals surface area contributed by atoms with Gasteiger partial charge in [-0.05, 0) is 6.42 Å². The zero-order valence-electron chi connectivity index (χ0n) is 8.37. The zero-order valence-corrected chi connectivity index (χ0v) is 8.37. The first-order chi connectivity index (χ1) is 6.81. The van der Waals surface area contributed by atoms with Gasteiger partial charge < -0.3 is 31.3 Å². The van der Waals surface area contributed by atoms with E-state index in [9.17, 15) is 20.1 Å². The van der Waals surface area contributed by atoms with Gasteiger partial charge in [-0.3, -0.25) is 4.79 Å². The Balaban J connectivity index is 4.79. The average molecular weight is 223 g/mol. The molecule has 0 aromatic heterocycles. The molecular formula is C8H17NO6. The van der Waals surface area contributed by atoms with Crippen LogP contribution in [0.4, 0.5) is 0 Å². The van der Waals surface area contributed by atoms with Gasteiger partial charge in [-0.2, -0.15) is 0 Å². The van der Waals surface area contributed by atoms with Crippen LogP contribution in [-0.2, 0) is 4.79 Å². The molecule has 0 bridgehead atoms. The van der Waals surface area contributed by atoms with Crippen LogP contribution < -0.4 is 5.73 Å². The van der Waals surface area contributed by atoms with Gasteiger partial charge in [0.05, 0.1) is 6.61 Å². The highest BCUT2D eigenvalue weighted by Crippen LogP contribution is 2.19. The van der Waals surface area contributed by atoms with Gasteiger partial charge in [0, 0.05) is 0 Å². The molecule has 0 aliphatic carbocycles. The number of aliphatic hydroxyl groups is 5. The number of hydrogen-bond donors (Lipinski definition) is 6. The molecule has 7 heteroatoms. The average Bonchev–Trinajstić information content (AvgIpc) is 2.24. The Morgan fingerprint density at radius 2 is 1.87 bits per heavy atom. The highest BCUT2D eigenvalue weighted by atomic mass is 16.4. The fourth-order valence-corrected chi connectivity index (χ4v) is 1.13. The lowest BCUT2D eigenvalue weighted by atomic mass is 9.87. The minimum atomic E-state index is -2.32. The van der Waals surface area contributed by atoms with Gasteiger partial charge in [0.15, 0.2) is 5.60 Å². The molecule has 0 saturated carbocycles. The van der Waals surface area contributed by atoms with Gasteiger partial charge in [-0.1, -0.05) is 6.92 Å². The van der Waals surface area contributed by atoms with Crippen molar-refractivity contribution < 1.29 is 30.3 Å². The lowest BCUT2D eigenvalue weighted by Crippen LogP contribution is -2.59. The second kappa shape index (κ2) is 5.38. The third kappa shape index (κ3) is 2.86.